The molecule has 0 fully saturated rings. The van der Waals surface area contributed by atoms with Gasteiger partial charge in [-0.2, -0.15) is 5.10 Å². The van der Waals surface area contributed by atoms with Gasteiger partial charge in [-0.05, 0) is 39.0 Å². The molecule has 0 amide bonds. The predicted octanol–water partition coefficient (Wildman–Crippen LogP) is 2.08. The highest BCUT2D eigenvalue weighted by Crippen LogP contribution is 2.25. The van der Waals surface area contributed by atoms with Crippen LogP contribution in [0.1, 0.15) is 24.1 Å². The summed E-state index contributed by atoms with van der Waals surface area (Å²) in [5.41, 5.74) is 2.15. The SMILES string of the molecule is CCn1c(Cn2nc(C)c([N+](=O)[O-])c2C)nc2cc(S(=O)(=O)N(C)C)ccc21. The molecule has 0 atom stereocenters. The zero-order chi connectivity index (χ0) is 20.8. The molecule has 0 saturated carbocycles. The smallest absolute Gasteiger partial charge is 0.312 e. The van der Waals surface area contributed by atoms with Crippen molar-refractivity contribution in [3.63, 3.8) is 0 Å². The van der Waals surface area contributed by atoms with E-state index < -0.39 is 14.9 Å². The van der Waals surface area contributed by atoms with Gasteiger partial charge in [0.1, 0.15) is 17.2 Å². The molecule has 11 heteroatoms. The van der Waals surface area contributed by atoms with E-state index in [0.717, 1.165) is 9.82 Å². The third-order valence-electron chi connectivity index (χ3n) is 4.71. The number of nitro groups is 1. The second kappa shape index (κ2) is 6.99. The summed E-state index contributed by atoms with van der Waals surface area (Å²) in [4.78, 5) is 15.5. The minimum absolute atomic E-state index is 0.00137. The number of hydrogen-bond acceptors (Lipinski definition) is 6. The van der Waals surface area contributed by atoms with Crippen LogP contribution in [0.2, 0.25) is 0 Å². The number of imidazole rings is 1. The minimum Gasteiger partial charge on any atom is -0.327 e. The average Bonchev–Trinajstić information content (AvgIpc) is 3.10. The lowest BCUT2D eigenvalue weighted by molar-refractivity contribution is -0.386. The number of benzene rings is 1. The Hall–Kier alpha value is -2.79. The molecular weight excluding hydrogens is 384 g/mol. The van der Waals surface area contributed by atoms with Crippen LogP contribution in [0, 0.1) is 24.0 Å². The van der Waals surface area contributed by atoms with Crippen molar-refractivity contribution in [1.29, 1.82) is 0 Å². The number of nitrogens with zero attached hydrogens (tertiary/aromatic N) is 6. The Morgan fingerprint density at radius 2 is 1.93 bits per heavy atom. The maximum absolute atomic E-state index is 12.4. The van der Waals surface area contributed by atoms with Crippen molar-refractivity contribution >= 4 is 26.7 Å². The molecule has 0 aliphatic heterocycles. The topological polar surface area (TPSA) is 116 Å². The molecule has 3 aromatic rings. The number of aryl methyl sites for hydroxylation is 2. The number of aromatic nitrogens is 4. The Morgan fingerprint density at radius 1 is 1.25 bits per heavy atom. The monoisotopic (exact) mass is 406 g/mol. The van der Waals surface area contributed by atoms with E-state index in [9.17, 15) is 18.5 Å². The summed E-state index contributed by atoms with van der Waals surface area (Å²) in [6, 6.07) is 4.84. The van der Waals surface area contributed by atoms with Crippen molar-refractivity contribution in [2.45, 2.75) is 38.8 Å². The fourth-order valence-electron chi connectivity index (χ4n) is 3.24. The molecule has 0 unspecified atom stereocenters. The van der Waals surface area contributed by atoms with Gasteiger partial charge < -0.3 is 4.57 Å². The molecule has 28 heavy (non-hydrogen) atoms. The number of sulfonamides is 1. The largest absolute Gasteiger partial charge is 0.327 e. The summed E-state index contributed by atoms with van der Waals surface area (Å²) in [6.45, 7) is 6.08. The number of fused-ring (bicyclic) bond motifs is 1. The summed E-state index contributed by atoms with van der Waals surface area (Å²) >= 11 is 0. The minimum atomic E-state index is -3.56. The van der Waals surface area contributed by atoms with Gasteiger partial charge in [0.05, 0.1) is 27.4 Å². The van der Waals surface area contributed by atoms with E-state index in [4.69, 9.17) is 0 Å². The quantitative estimate of drug-likeness (QED) is 0.457. The summed E-state index contributed by atoms with van der Waals surface area (Å²) in [7, 11) is -0.610. The first kappa shape index (κ1) is 20.0. The Labute approximate surface area is 162 Å². The second-order valence-corrected chi connectivity index (χ2v) is 8.80. The van der Waals surface area contributed by atoms with E-state index in [1.807, 2.05) is 11.5 Å². The molecule has 0 radical (unpaired) electrons. The third kappa shape index (κ3) is 3.16. The molecule has 2 heterocycles. The lowest BCUT2D eigenvalue weighted by atomic mass is 10.3. The molecule has 3 rings (SSSR count). The van der Waals surface area contributed by atoms with Crippen molar-refractivity contribution in [1.82, 2.24) is 23.6 Å². The molecule has 1 aromatic carbocycles. The standard InChI is InChI=1S/C17H22N6O4S/c1-6-21-15-8-7-13(28(26,27)20(4)5)9-14(15)18-16(21)10-22-12(3)17(23(24)25)11(2)19-22/h7-9H,6,10H2,1-5H3. The maximum Gasteiger partial charge on any atom is 0.312 e. The van der Waals surface area contributed by atoms with E-state index in [-0.39, 0.29) is 17.1 Å². The van der Waals surface area contributed by atoms with Crippen LogP contribution >= 0.6 is 0 Å². The van der Waals surface area contributed by atoms with Crippen molar-refractivity contribution in [2.24, 2.45) is 0 Å². The van der Waals surface area contributed by atoms with Crippen LogP contribution in [0.4, 0.5) is 5.69 Å². The lowest BCUT2D eigenvalue weighted by Gasteiger charge is -2.11. The van der Waals surface area contributed by atoms with Gasteiger partial charge in [0.25, 0.3) is 0 Å². The molecule has 150 valence electrons. The van der Waals surface area contributed by atoms with Gasteiger partial charge in [-0.15, -0.1) is 0 Å². The summed E-state index contributed by atoms with van der Waals surface area (Å²) in [6.07, 6.45) is 0. The van der Waals surface area contributed by atoms with Crippen LogP contribution < -0.4 is 0 Å². The van der Waals surface area contributed by atoms with Gasteiger partial charge in [-0.25, -0.2) is 17.7 Å². The third-order valence-corrected chi connectivity index (χ3v) is 6.52. The molecule has 10 nitrogen and oxygen atoms in total. The predicted molar refractivity (Wildman–Crippen MR) is 104 cm³/mol. The highest BCUT2D eigenvalue weighted by molar-refractivity contribution is 7.89. The Kier molecular flexibility index (Phi) is 4.98. The summed E-state index contributed by atoms with van der Waals surface area (Å²) in [5.74, 6) is 0.650. The zero-order valence-corrected chi connectivity index (χ0v) is 17.2. The van der Waals surface area contributed by atoms with Crippen molar-refractivity contribution in [3.8, 4) is 0 Å². The van der Waals surface area contributed by atoms with Crippen LogP contribution in [0.5, 0.6) is 0 Å². The van der Waals surface area contributed by atoms with E-state index in [2.05, 4.69) is 10.1 Å². The summed E-state index contributed by atoms with van der Waals surface area (Å²) in [5, 5.41) is 15.5. The Morgan fingerprint density at radius 3 is 2.46 bits per heavy atom. The van der Waals surface area contributed by atoms with E-state index >= 15 is 0 Å². The average molecular weight is 406 g/mol. The number of rotatable bonds is 6. The fraction of sp³-hybridized carbons (Fsp3) is 0.412. The number of hydrogen-bond donors (Lipinski definition) is 0. The van der Waals surface area contributed by atoms with Gasteiger partial charge in [0.2, 0.25) is 10.0 Å². The zero-order valence-electron chi connectivity index (χ0n) is 16.4. The highest BCUT2D eigenvalue weighted by Gasteiger charge is 2.24. The Balaban J connectivity index is 2.10. The van der Waals surface area contributed by atoms with Crippen LogP contribution in [0.3, 0.4) is 0 Å². The van der Waals surface area contributed by atoms with Gasteiger partial charge >= 0.3 is 5.69 Å². The van der Waals surface area contributed by atoms with Gasteiger partial charge in [-0.1, -0.05) is 0 Å². The van der Waals surface area contributed by atoms with E-state index in [1.54, 1.807) is 36.7 Å². The highest BCUT2D eigenvalue weighted by atomic mass is 32.2. The summed E-state index contributed by atoms with van der Waals surface area (Å²) < 4.78 is 29.4. The molecule has 0 aliphatic rings. The molecule has 0 N–H and O–H groups in total. The van der Waals surface area contributed by atoms with Crippen molar-refractivity contribution in [2.75, 3.05) is 14.1 Å². The van der Waals surface area contributed by atoms with Crippen LogP contribution in [0.25, 0.3) is 11.0 Å². The van der Waals surface area contributed by atoms with Crippen molar-refractivity contribution < 1.29 is 13.3 Å². The molecule has 0 spiro atoms. The molecule has 2 aromatic heterocycles. The second-order valence-electron chi connectivity index (χ2n) is 6.64. The fourth-order valence-corrected chi connectivity index (χ4v) is 4.17. The van der Waals surface area contributed by atoms with E-state index in [1.165, 1.54) is 14.1 Å². The molecule has 0 bridgehead atoms. The Bertz CT molecular complexity index is 1180. The first-order valence-corrected chi connectivity index (χ1v) is 10.1. The first-order valence-electron chi connectivity index (χ1n) is 8.68. The molecule has 0 aliphatic carbocycles. The normalized spacial score (nSPS) is 12.2. The maximum atomic E-state index is 12.4. The van der Waals surface area contributed by atoms with Gasteiger partial charge in [-0.3, -0.25) is 14.8 Å². The first-order chi connectivity index (χ1) is 13.1. The molecule has 0 saturated heterocycles. The molecular formula is C17H22N6O4S. The van der Waals surface area contributed by atoms with Crippen LogP contribution in [-0.4, -0.2) is 51.1 Å². The van der Waals surface area contributed by atoms with Gasteiger partial charge in [0, 0.05) is 20.6 Å². The van der Waals surface area contributed by atoms with E-state index in [0.29, 0.717) is 29.3 Å². The van der Waals surface area contributed by atoms with Gasteiger partial charge in [0.15, 0.2) is 0 Å². The van der Waals surface area contributed by atoms with Crippen LogP contribution in [0.15, 0.2) is 23.1 Å². The van der Waals surface area contributed by atoms with Crippen molar-refractivity contribution in [3.05, 3.63) is 45.5 Å². The lowest BCUT2D eigenvalue weighted by Crippen LogP contribution is -2.22. The van der Waals surface area contributed by atoms with Crippen LogP contribution in [-0.2, 0) is 23.1 Å².